The molecule has 0 atom stereocenters. The lowest BCUT2D eigenvalue weighted by molar-refractivity contribution is 0.204. The standard InChI is InChI=1S/C6H10BrN3O3S2/c1-13-3-2-9-15(11,12)10-6-8-4-5(7)14-6/h4,9H,2-3H2,1H3,(H,8,10). The summed E-state index contributed by atoms with van der Waals surface area (Å²) in [6.45, 7) is 0.543. The number of halogens is 1. The zero-order chi connectivity index (χ0) is 11.3. The van der Waals surface area contributed by atoms with E-state index < -0.39 is 10.2 Å². The number of nitrogens with one attached hydrogen (secondary N) is 2. The Bertz CT molecular complexity index is 406. The maximum atomic E-state index is 11.4. The molecule has 0 radical (unpaired) electrons. The molecule has 0 fully saturated rings. The summed E-state index contributed by atoms with van der Waals surface area (Å²) < 4.78 is 32.8. The van der Waals surface area contributed by atoms with Crippen LogP contribution >= 0.6 is 27.3 Å². The van der Waals surface area contributed by atoms with E-state index in [0.29, 0.717) is 11.7 Å². The highest BCUT2D eigenvalue weighted by atomic mass is 79.9. The Labute approximate surface area is 100 Å². The SMILES string of the molecule is COCCNS(=O)(=O)Nc1ncc(Br)s1. The number of hydrogen-bond acceptors (Lipinski definition) is 5. The molecule has 0 saturated heterocycles. The van der Waals surface area contributed by atoms with E-state index in [4.69, 9.17) is 4.74 Å². The van der Waals surface area contributed by atoms with Gasteiger partial charge in [-0.15, -0.1) is 0 Å². The van der Waals surface area contributed by atoms with Crippen LogP contribution in [0.4, 0.5) is 5.13 Å². The van der Waals surface area contributed by atoms with Gasteiger partial charge in [-0.1, -0.05) is 11.3 Å². The molecule has 0 spiro atoms. The van der Waals surface area contributed by atoms with Gasteiger partial charge in [0.15, 0.2) is 5.13 Å². The molecule has 2 N–H and O–H groups in total. The molecule has 0 aromatic carbocycles. The summed E-state index contributed by atoms with van der Waals surface area (Å²) in [5.41, 5.74) is 0. The van der Waals surface area contributed by atoms with E-state index in [1.54, 1.807) is 0 Å². The van der Waals surface area contributed by atoms with Crippen molar-refractivity contribution in [3.8, 4) is 0 Å². The Hall–Kier alpha value is -0.220. The van der Waals surface area contributed by atoms with Crippen molar-refractivity contribution in [3.63, 3.8) is 0 Å². The minimum Gasteiger partial charge on any atom is -0.383 e. The monoisotopic (exact) mass is 315 g/mol. The summed E-state index contributed by atoms with van der Waals surface area (Å²) in [6.07, 6.45) is 1.53. The van der Waals surface area contributed by atoms with Crippen molar-refractivity contribution in [1.82, 2.24) is 9.71 Å². The maximum Gasteiger partial charge on any atom is 0.300 e. The Kier molecular flexibility index (Phi) is 4.93. The number of anilines is 1. The van der Waals surface area contributed by atoms with Gasteiger partial charge in [-0.3, -0.25) is 0 Å². The fourth-order valence-corrected chi connectivity index (χ4v) is 2.89. The van der Waals surface area contributed by atoms with Gasteiger partial charge in [0.25, 0.3) is 0 Å². The lowest BCUT2D eigenvalue weighted by atomic mass is 10.7. The summed E-state index contributed by atoms with van der Waals surface area (Å²) >= 11 is 4.38. The fraction of sp³-hybridized carbons (Fsp3) is 0.500. The minimum atomic E-state index is -3.55. The number of aromatic nitrogens is 1. The second kappa shape index (κ2) is 5.75. The molecular formula is C6H10BrN3O3S2. The molecule has 0 bridgehead atoms. The number of ether oxygens (including phenoxy) is 1. The lowest BCUT2D eigenvalue weighted by Gasteiger charge is -2.05. The molecule has 0 saturated carbocycles. The van der Waals surface area contributed by atoms with Crippen molar-refractivity contribution in [2.24, 2.45) is 0 Å². The third-order valence-corrected chi connectivity index (χ3v) is 3.86. The van der Waals surface area contributed by atoms with Crippen LogP contribution in [0.3, 0.4) is 0 Å². The van der Waals surface area contributed by atoms with E-state index >= 15 is 0 Å². The van der Waals surface area contributed by atoms with Crippen LogP contribution in [-0.2, 0) is 14.9 Å². The Morgan fingerprint density at radius 2 is 2.40 bits per heavy atom. The van der Waals surface area contributed by atoms with Gasteiger partial charge in [0.2, 0.25) is 0 Å². The number of methoxy groups -OCH3 is 1. The zero-order valence-electron chi connectivity index (χ0n) is 7.86. The Balaban J connectivity index is 2.49. The molecule has 15 heavy (non-hydrogen) atoms. The summed E-state index contributed by atoms with van der Waals surface area (Å²) in [5.74, 6) is 0. The first-order valence-corrected chi connectivity index (χ1v) is 7.00. The smallest absolute Gasteiger partial charge is 0.300 e. The fourth-order valence-electron chi connectivity index (χ4n) is 0.731. The van der Waals surface area contributed by atoms with Crippen LogP contribution in [0.1, 0.15) is 0 Å². The molecule has 0 aliphatic heterocycles. The number of nitrogens with zero attached hydrogens (tertiary/aromatic N) is 1. The van der Waals surface area contributed by atoms with Crippen LogP contribution in [0, 0.1) is 0 Å². The predicted molar refractivity (Wildman–Crippen MR) is 62.2 cm³/mol. The van der Waals surface area contributed by atoms with Crippen molar-refractivity contribution in [2.45, 2.75) is 0 Å². The normalized spacial score (nSPS) is 11.6. The van der Waals surface area contributed by atoms with Crippen LogP contribution in [0.5, 0.6) is 0 Å². The van der Waals surface area contributed by atoms with Gasteiger partial charge < -0.3 is 4.74 Å². The van der Waals surface area contributed by atoms with Crippen molar-refractivity contribution < 1.29 is 13.2 Å². The molecule has 0 amide bonds. The third kappa shape index (κ3) is 4.89. The molecule has 0 aliphatic carbocycles. The highest BCUT2D eigenvalue weighted by Gasteiger charge is 2.10. The Morgan fingerprint density at radius 3 is 2.93 bits per heavy atom. The second-order valence-electron chi connectivity index (χ2n) is 2.46. The quantitative estimate of drug-likeness (QED) is 0.761. The van der Waals surface area contributed by atoms with Crippen molar-refractivity contribution >= 4 is 42.6 Å². The topological polar surface area (TPSA) is 80.3 Å². The van der Waals surface area contributed by atoms with Gasteiger partial charge in [-0.05, 0) is 15.9 Å². The van der Waals surface area contributed by atoms with Crippen LogP contribution in [0.15, 0.2) is 9.98 Å². The van der Waals surface area contributed by atoms with Crippen LogP contribution in [0.2, 0.25) is 0 Å². The molecular weight excluding hydrogens is 306 g/mol. The highest BCUT2D eigenvalue weighted by molar-refractivity contribution is 9.11. The first-order chi connectivity index (χ1) is 7.03. The van der Waals surface area contributed by atoms with Crippen LogP contribution in [0.25, 0.3) is 0 Å². The molecule has 9 heteroatoms. The zero-order valence-corrected chi connectivity index (χ0v) is 11.1. The average molecular weight is 316 g/mol. The minimum absolute atomic E-state index is 0.221. The first-order valence-electron chi connectivity index (χ1n) is 3.91. The summed E-state index contributed by atoms with van der Waals surface area (Å²) in [7, 11) is -2.05. The van der Waals surface area contributed by atoms with Crippen LogP contribution < -0.4 is 9.44 Å². The van der Waals surface area contributed by atoms with Gasteiger partial charge in [0.1, 0.15) is 0 Å². The van der Waals surface area contributed by atoms with Crippen LogP contribution in [-0.4, -0.2) is 33.7 Å². The Morgan fingerprint density at radius 1 is 1.67 bits per heavy atom. The largest absolute Gasteiger partial charge is 0.383 e. The molecule has 0 aliphatic rings. The third-order valence-electron chi connectivity index (χ3n) is 1.30. The molecule has 86 valence electrons. The summed E-state index contributed by atoms with van der Waals surface area (Å²) in [6, 6.07) is 0. The molecule has 0 unspecified atom stereocenters. The number of hydrogen-bond donors (Lipinski definition) is 2. The number of rotatable bonds is 6. The van der Waals surface area contributed by atoms with Gasteiger partial charge in [0, 0.05) is 13.7 Å². The van der Waals surface area contributed by atoms with E-state index in [0.717, 1.165) is 3.79 Å². The van der Waals surface area contributed by atoms with Crippen molar-refractivity contribution in [2.75, 3.05) is 25.0 Å². The van der Waals surface area contributed by atoms with E-state index in [9.17, 15) is 8.42 Å². The number of thiazole rings is 1. The van der Waals surface area contributed by atoms with Crippen molar-refractivity contribution in [1.29, 1.82) is 0 Å². The molecule has 1 aromatic heterocycles. The maximum absolute atomic E-state index is 11.4. The molecule has 1 rings (SSSR count). The van der Waals surface area contributed by atoms with E-state index in [-0.39, 0.29) is 6.54 Å². The summed E-state index contributed by atoms with van der Waals surface area (Å²) in [5, 5.41) is 0.312. The van der Waals surface area contributed by atoms with Gasteiger partial charge >= 0.3 is 10.2 Å². The lowest BCUT2D eigenvalue weighted by Crippen LogP contribution is -2.32. The van der Waals surface area contributed by atoms with E-state index in [2.05, 4.69) is 30.4 Å². The first kappa shape index (κ1) is 12.8. The highest BCUT2D eigenvalue weighted by Crippen LogP contribution is 2.23. The molecule has 1 aromatic rings. The van der Waals surface area contributed by atoms with Gasteiger partial charge in [0.05, 0.1) is 16.6 Å². The second-order valence-corrected chi connectivity index (χ2v) is 6.37. The van der Waals surface area contributed by atoms with E-state index in [1.807, 2.05) is 0 Å². The average Bonchev–Trinajstić information content (AvgIpc) is 2.50. The molecule has 1 heterocycles. The van der Waals surface area contributed by atoms with Gasteiger partial charge in [-0.2, -0.15) is 13.1 Å². The van der Waals surface area contributed by atoms with Crippen molar-refractivity contribution in [3.05, 3.63) is 9.98 Å². The predicted octanol–water partition coefficient (Wildman–Crippen LogP) is 0.798. The van der Waals surface area contributed by atoms with E-state index in [1.165, 1.54) is 24.6 Å². The summed E-state index contributed by atoms with van der Waals surface area (Å²) in [4.78, 5) is 3.84. The molecule has 6 nitrogen and oxygen atoms in total. The van der Waals surface area contributed by atoms with Gasteiger partial charge in [-0.25, -0.2) is 9.71 Å².